The second-order valence-electron chi connectivity index (χ2n) is 6.69. The first kappa shape index (κ1) is 19.4. The summed E-state index contributed by atoms with van der Waals surface area (Å²) in [5.74, 6) is -0.464. The Kier molecular flexibility index (Phi) is 5.47. The first-order valence-electron chi connectivity index (χ1n) is 9.23. The van der Waals surface area contributed by atoms with Crippen molar-refractivity contribution in [2.24, 2.45) is 0 Å². The molecule has 2 heterocycles. The minimum absolute atomic E-state index is 0.0598. The Morgan fingerprint density at radius 1 is 1.07 bits per heavy atom. The molecular weight excluding hydrogens is 392 g/mol. The van der Waals surface area contributed by atoms with Gasteiger partial charge in [-0.05, 0) is 30.3 Å². The van der Waals surface area contributed by atoms with E-state index in [9.17, 15) is 9.59 Å². The lowest BCUT2D eigenvalue weighted by Crippen LogP contribution is -2.40. The number of carbonyl (C=O) groups is 2. The van der Waals surface area contributed by atoms with Crippen LogP contribution in [-0.2, 0) is 9.47 Å². The average Bonchev–Trinajstić information content (AvgIpc) is 2.77. The predicted molar refractivity (Wildman–Crippen MR) is 110 cm³/mol. The van der Waals surface area contributed by atoms with Gasteiger partial charge in [-0.1, -0.05) is 29.8 Å². The van der Waals surface area contributed by atoms with Crippen molar-refractivity contribution in [3.63, 3.8) is 0 Å². The molecule has 0 saturated carbocycles. The maximum Gasteiger partial charge on any atom is 0.337 e. The number of hydrogen-bond acceptors (Lipinski definition) is 5. The number of amides is 1. The van der Waals surface area contributed by atoms with Crippen molar-refractivity contribution in [1.29, 1.82) is 0 Å². The van der Waals surface area contributed by atoms with Gasteiger partial charge in [-0.3, -0.25) is 4.79 Å². The Hall–Kier alpha value is -2.96. The molecule has 1 aromatic heterocycles. The van der Waals surface area contributed by atoms with E-state index >= 15 is 0 Å². The van der Waals surface area contributed by atoms with Gasteiger partial charge in [0.25, 0.3) is 5.91 Å². The number of rotatable bonds is 3. The summed E-state index contributed by atoms with van der Waals surface area (Å²) in [5, 5.41) is 1.30. The van der Waals surface area contributed by atoms with E-state index in [4.69, 9.17) is 26.1 Å². The van der Waals surface area contributed by atoms with Crippen molar-refractivity contribution < 1.29 is 19.1 Å². The summed E-state index contributed by atoms with van der Waals surface area (Å²) in [6.07, 6.45) is 0. The van der Waals surface area contributed by atoms with E-state index in [0.29, 0.717) is 53.7 Å². The number of fused-ring (bicyclic) bond motifs is 1. The number of aromatic nitrogens is 1. The Labute approximate surface area is 173 Å². The lowest BCUT2D eigenvalue weighted by Gasteiger charge is -2.27. The van der Waals surface area contributed by atoms with Crippen LogP contribution in [0.2, 0.25) is 5.02 Å². The number of nitrogens with zero attached hydrogens (tertiary/aromatic N) is 2. The molecule has 0 atom stereocenters. The molecule has 6 nitrogen and oxygen atoms in total. The number of pyridine rings is 1. The normalized spacial score (nSPS) is 14.1. The van der Waals surface area contributed by atoms with Crippen molar-refractivity contribution >= 4 is 34.4 Å². The monoisotopic (exact) mass is 410 g/mol. The molecule has 0 radical (unpaired) electrons. The zero-order chi connectivity index (χ0) is 20.4. The Morgan fingerprint density at radius 2 is 1.79 bits per heavy atom. The second kappa shape index (κ2) is 8.19. The first-order chi connectivity index (χ1) is 14.1. The van der Waals surface area contributed by atoms with Gasteiger partial charge < -0.3 is 14.4 Å². The van der Waals surface area contributed by atoms with E-state index in [0.717, 1.165) is 10.9 Å². The molecule has 4 rings (SSSR count). The second-order valence-corrected chi connectivity index (χ2v) is 7.13. The number of esters is 1. The highest BCUT2D eigenvalue weighted by Crippen LogP contribution is 2.28. The molecule has 1 amide bonds. The summed E-state index contributed by atoms with van der Waals surface area (Å²) < 4.78 is 10.1. The lowest BCUT2D eigenvalue weighted by atomic mass is 10.0. The van der Waals surface area contributed by atoms with E-state index < -0.39 is 5.97 Å². The molecule has 0 N–H and O–H groups in total. The molecule has 1 saturated heterocycles. The minimum atomic E-state index is -0.405. The van der Waals surface area contributed by atoms with Gasteiger partial charge in [-0.25, -0.2) is 9.78 Å². The molecule has 0 spiro atoms. The largest absolute Gasteiger partial charge is 0.465 e. The molecule has 7 heteroatoms. The molecule has 29 heavy (non-hydrogen) atoms. The number of methoxy groups -OCH3 is 1. The van der Waals surface area contributed by atoms with Crippen LogP contribution in [0.15, 0.2) is 48.5 Å². The van der Waals surface area contributed by atoms with E-state index in [2.05, 4.69) is 0 Å². The summed E-state index contributed by atoms with van der Waals surface area (Å²) in [6, 6.07) is 14.0. The van der Waals surface area contributed by atoms with Crippen LogP contribution in [0, 0.1) is 0 Å². The minimum Gasteiger partial charge on any atom is -0.465 e. The highest BCUT2D eigenvalue weighted by Gasteiger charge is 2.22. The number of carbonyl (C=O) groups excluding carboxylic acids is 2. The number of halogens is 1. The number of morpholine rings is 1. The van der Waals surface area contributed by atoms with Gasteiger partial charge in [0, 0.05) is 29.1 Å². The fraction of sp³-hybridized carbons (Fsp3) is 0.227. The quantitative estimate of drug-likeness (QED) is 0.614. The molecular formula is C22H19ClN2O4. The summed E-state index contributed by atoms with van der Waals surface area (Å²) in [7, 11) is 1.34. The number of hydrogen-bond donors (Lipinski definition) is 0. The zero-order valence-corrected chi connectivity index (χ0v) is 16.6. The Morgan fingerprint density at radius 3 is 2.48 bits per heavy atom. The van der Waals surface area contributed by atoms with Crippen LogP contribution in [-0.4, -0.2) is 55.2 Å². The van der Waals surface area contributed by atoms with Crippen LogP contribution < -0.4 is 0 Å². The number of benzene rings is 2. The molecule has 0 bridgehead atoms. The molecule has 0 aliphatic carbocycles. The SMILES string of the molecule is COC(=O)c1ccc(-c2cc(C(=O)N3CCOCC3)c3ccc(Cl)cc3n2)cc1. The van der Waals surface area contributed by atoms with Crippen LogP contribution in [0.3, 0.4) is 0 Å². The first-order valence-corrected chi connectivity index (χ1v) is 9.60. The molecule has 148 valence electrons. The van der Waals surface area contributed by atoms with Crippen LogP contribution in [0.4, 0.5) is 0 Å². The maximum atomic E-state index is 13.2. The maximum absolute atomic E-state index is 13.2. The van der Waals surface area contributed by atoms with Crippen LogP contribution in [0.5, 0.6) is 0 Å². The molecule has 3 aromatic rings. The lowest BCUT2D eigenvalue weighted by molar-refractivity contribution is 0.0304. The van der Waals surface area contributed by atoms with Gasteiger partial charge >= 0.3 is 5.97 Å². The highest BCUT2D eigenvalue weighted by atomic mass is 35.5. The molecule has 1 fully saturated rings. The zero-order valence-electron chi connectivity index (χ0n) is 15.9. The van der Waals surface area contributed by atoms with E-state index in [-0.39, 0.29) is 5.91 Å². The van der Waals surface area contributed by atoms with Gasteiger partial charge in [0.05, 0.1) is 42.7 Å². The van der Waals surface area contributed by atoms with Crippen molar-refractivity contribution in [2.45, 2.75) is 0 Å². The molecule has 1 aliphatic heterocycles. The van der Waals surface area contributed by atoms with Crippen LogP contribution >= 0.6 is 11.6 Å². The van der Waals surface area contributed by atoms with E-state index in [1.807, 2.05) is 6.07 Å². The van der Waals surface area contributed by atoms with Gasteiger partial charge in [0.2, 0.25) is 0 Å². The van der Waals surface area contributed by atoms with E-state index in [1.54, 1.807) is 47.4 Å². The van der Waals surface area contributed by atoms with Crippen molar-refractivity contribution in [2.75, 3.05) is 33.4 Å². The fourth-order valence-electron chi connectivity index (χ4n) is 3.36. The third-order valence-corrected chi connectivity index (χ3v) is 5.14. The fourth-order valence-corrected chi connectivity index (χ4v) is 3.52. The Balaban J connectivity index is 1.80. The average molecular weight is 411 g/mol. The van der Waals surface area contributed by atoms with Gasteiger partial charge in [-0.2, -0.15) is 0 Å². The van der Waals surface area contributed by atoms with Gasteiger partial charge in [0.15, 0.2) is 0 Å². The summed E-state index contributed by atoms with van der Waals surface area (Å²) in [5.41, 5.74) is 3.08. The molecule has 2 aromatic carbocycles. The third-order valence-electron chi connectivity index (χ3n) is 4.90. The van der Waals surface area contributed by atoms with E-state index in [1.165, 1.54) is 7.11 Å². The highest BCUT2D eigenvalue weighted by molar-refractivity contribution is 6.31. The molecule has 0 unspecified atom stereocenters. The summed E-state index contributed by atoms with van der Waals surface area (Å²) in [6.45, 7) is 2.17. The van der Waals surface area contributed by atoms with Crippen molar-refractivity contribution in [3.05, 3.63) is 64.7 Å². The van der Waals surface area contributed by atoms with Gasteiger partial charge in [0.1, 0.15) is 0 Å². The Bertz CT molecular complexity index is 1080. The molecule has 1 aliphatic rings. The predicted octanol–water partition coefficient (Wildman–Crippen LogP) is 3.81. The third kappa shape index (κ3) is 3.95. The summed E-state index contributed by atoms with van der Waals surface area (Å²) in [4.78, 5) is 31.4. The van der Waals surface area contributed by atoms with Crippen molar-refractivity contribution in [1.82, 2.24) is 9.88 Å². The standard InChI is InChI=1S/C22H19ClN2O4/c1-28-22(27)15-4-2-14(3-5-15)19-13-18(21(26)25-8-10-29-11-9-25)17-7-6-16(23)12-20(17)24-19/h2-7,12-13H,8-11H2,1H3. The van der Waals surface area contributed by atoms with Crippen LogP contribution in [0.1, 0.15) is 20.7 Å². The summed E-state index contributed by atoms with van der Waals surface area (Å²) >= 11 is 6.17. The number of ether oxygens (including phenoxy) is 2. The topological polar surface area (TPSA) is 68.7 Å². The van der Waals surface area contributed by atoms with Gasteiger partial charge in [-0.15, -0.1) is 0 Å². The van der Waals surface area contributed by atoms with Crippen molar-refractivity contribution in [3.8, 4) is 11.3 Å². The smallest absolute Gasteiger partial charge is 0.337 e. The van der Waals surface area contributed by atoms with Crippen LogP contribution in [0.25, 0.3) is 22.2 Å².